The molecule has 2 heterocycles. The number of benzene rings is 1. The van der Waals surface area contributed by atoms with Gasteiger partial charge in [0.25, 0.3) is 0 Å². The van der Waals surface area contributed by atoms with Crippen LogP contribution in [0.25, 0.3) is 16.9 Å². The maximum absolute atomic E-state index is 11.9. The number of fused-ring (bicyclic) bond motifs is 1. The third kappa shape index (κ3) is 1.43. The van der Waals surface area contributed by atoms with Gasteiger partial charge in [-0.25, -0.2) is 14.3 Å². The summed E-state index contributed by atoms with van der Waals surface area (Å²) in [6.45, 7) is 0. The third-order valence-electron chi connectivity index (χ3n) is 2.64. The molecule has 0 aliphatic carbocycles. The fourth-order valence-electron chi connectivity index (χ4n) is 1.86. The number of nitrogens with zero attached hydrogens (tertiary/aromatic N) is 2. The molecule has 2 aromatic heterocycles. The summed E-state index contributed by atoms with van der Waals surface area (Å²) in [5.41, 5.74) is 0.867. The standard InChI is InChI=1S/C12H9N3O3/c16-7-3-4-9(10(17)6-7)15-11-8(14-12(15)18)2-1-5-13-11/h1-6,16-17H,(H,14,18). The Balaban J connectivity index is 2.38. The molecule has 0 unspecified atom stereocenters. The number of phenols is 2. The number of aromatic amines is 1. The Bertz CT molecular complexity index is 789. The highest BCUT2D eigenvalue weighted by Gasteiger charge is 2.12. The molecule has 0 saturated carbocycles. The minimum absolute atomic E-state index is 0.0721. The van der Waals surface area contributed by atoms with Gasteiger partial charge in [0.05, 0.1) is 11.2 Å². The highest BCUT2D eigenvalue weighted by Crippen LogP contribution is 2.26. The zero-order valence-corrected chi connectivity index (χ0v) is 9.16. The molecule has 0 saturated heterocycles. The maximum atomic E-state index is 11.9. The molecule has 0 bridgehead atoms. The fraction of sp³-hybridized carbons (Fsp3) is 0. The van der Waals surface area contributed by atoms with Crippen LogP contribution in [-0.4, -0.2) is 24.7 Å². The minimum atomic E-state index is -0.398. The number of aromatic hydroxyl groups is 2. The maximum Gasteiger partial charge on any atom is 0.332 e. The van der Waals surface area contributed by atoms with Crippen molar-refractivity contribution < 1.29 is 10.2 Å². The second-order valence-electron chi connectivity index (χ2n) is 3.81. The Kier molecular flexibility index (Phi) is 2.09. The van der Waals surface area contributed by atoms with Crippen LogP contribution in [0.4, 0.5) is 0 Å². The monoisotopic (exact) mass is 243 g/mol. The molecule has 0 fully saturated rings. The van der Waals surface area contributed by atoms with Crippen molar-refractivity contribution in [2.24, 2.45) is 0 Å². The Morgan fingerprint density at radius 2 is 2.06 bits per heavy atom. The summed E-state index contributed by atoms with van der Waals surface area (Å²) in [6, 6.07) is 7.44. The van der Waals surface area contributed by atoms with Crippen LogP contribution in [0, 0.1) is 0 Å². The van der Waals surface area contributed by atoms with E-state index >= 15 is 0 Å². The zero-order chi connectivity index (χ0) is 12.7. The highest BCUT2D eigenvalue weighted by atomic mass is 16.3. The minimum Gasteiger partial charge on any atom is -0.508 e. The van der Waals surface area contributed by atoms with Gasteiger partial charge >= 0.3 is 5.69 Å². The summed E-state index contributed by atoms with van der Waals surface area (Å²) in [4.78, 5) is 18.6. The largest absolute Gasteiger partial charge is 0.508 e. The van der Waals surface area contributed by atoms with E-state index in [0.29, 0.717) is 11.2 Å². The topological polar surface area (TPSA) is 91.1 Å². The lowest BCUT2D eigenvalue weighted by molar-refractivity contribution is 0.448. The van der Waals surface area contributed by atoms with E-state index in [-0.39, 0.29) is 17.2 Å². The van der Waals surface area contributed by atoms with Gasteiger partial charge in [-0.1, -0.05) is 0 Å². The van der Waals surface area contributed by atoms with Crippen molar-refractivity contribution in [3.8, 4) is 17.2 Å². The summed E-state index contributed by atoms with van der Waals surface area (Å²) in [5.74, 6) is -0.263. The number of hydrogen-bond acceptors (Lipinski definition) is 4. The van der Waals surface area contributed by atoms with Crippen LogP contribution in [0.15, 0.2) is 41.3 Å². The Labute approximate surface area is 101 Å². The predicted octanol–water partition coefficient (Wildman–Crippen LogP) is 1.12. The molecule has 3 rings (SSSR count). The van der Waals surface area contributed by atoms with Crippen LogP contribution in [0.3, 0.4) is 0 Å². The third-order valence-corrected chi connectivity index (χ3v) is 2.64. The molecule has 3 aromatic rings. The zero-order valence-electron chi connectivity index (χ0n) is 9.16. The Morgan fingerprint density at radius 3 is 2.83 bits per heavy atom. The number of imidazole rings is 1. The van der Waals surface area contributed by atoms with Gasteiger partial charge in [-0.2, -0.15) is 0 Å². The van der Waals surface area contributed by atoms with Crippen molar-refractivity contribution in [3.63, 3.8) is 0 Å². The number of pyridine rings is 1. The molecule has 0 spiro atoms. The molecule has 6 nitrogen and oxygen atoms in total. The van der Waals surface area contributed by atoms with Crippen molar-refractivity contribution in [3.05, 3.63) is 47.0 Å². The summed E-state index contributed by atoms with van der Waals surface area (Å²) in [7, 11) is 0. The Morgan fingerprint density at radius 1 is 1.22 bits per heavy atom. The first-order chi connectivity index (χ1) is 8.66. The van der Waals surface area contributed by atoms with Gasteiger partial charge in [-0.15, -0.1) is 0 Å². The summed E-state index contributed by atoms with van der Waals surface area (Å²) in [6.07, 6.45) is 1.56. The second-order valence-corrected chi connectivity index (χ2v) is 3.81. The lowest BCUT2D eigenvalue weighted by Gasteiger charge is -2.05. The van der Waals surface area contributed by atoms with E-state index in [4.69, 9.17) is 0 Å². The summed E-state index contributed by atoms with van der Waals surface area (Å²) >= 11 is 0. The fourth-order valence-corrected chi connectivity index (χ4v) is 1.86. The van der Waals surface area contributed by atoms with E-state index in [2.05, 4.69) is 9.97 Å². The van der Waals surface area contributed by atoms with Crippen molar-refractivity contribution in [2.45, 2.75) is 0 Å². The van der Waals surface area contributed by atoms with Crippen LogP contribution in [0.2, 0.25) is 0 Å². The van der Waals surface area contributed by atoms with Crippen molar-refractivity contribution >= 4 is 11.2 Å². The molecule has 1 aromatic carbocycles. The van der Waals surface area contributed by atoms with Crippen LogP contribution in [-0.2, 0) is 0 Å². The van der Waals surface area contributed by atoms with Crippen LogP contribution < -0.4 is 5.69 Å². The Hall–Kier alpha value is -2.76. The molecule has 0 radical (unpaired) electrons. The first-order valence-electron chi connectivity index (χ1n) is 5.25. The first-order valence-corrected chi connectivity index (χ1v) is 5.25. The van der Waals surface area contributed by atoms with Crippen LogP contribution in [0.5, 0.6) is 11.5 Å². The van der Waals surface area contributed by atoms with E-state index < -0.39 is 5.69 Å². The number of phenolic OH excluding ortho intramolecular Hbond substituents is 2. The number of nitrogens with one attached hydrogen (secondary N) is 1. The number of H-pyrrole nitrogens is 1. The molecule has 0 amide bonds. The molecule has 0 aliphatic rings. The number of hydrogen-bond donors (Lipinski definition) is 3. The molecular weight excluding hydrogens is 234 g/mol. The van der Waals surface area contributed by atoms with Gasteiger partial charge in [0.2, 0.25) is 0 Å². The normalized spacial score (nSPS) is 10.9. The molecular formula is C12H9N3O3. The van der Waals surface area contributed by atoms with Gasteiger partial charge in [0, 0.05) is 12.3 Å². The van der Waals surface area contributed by atoms with E-state index in [1.54, 1.807) is 18.3 Å². The molecule has 18 heavy (non-hydrogen) atoms. The van der Waals surface area contributed by atoms with Crippen molar-refractivity contribution in [1.29, 1.82) is 0 Å². The van der Waals surface area contributed by atoms with E-state index in [1.165, 1.54) is 22.8 Å². The lowest BCUT2D eigenvalue weighted by Crippen LogP contribution is -2.15. The smallest absolute Gasteiger partial charge is 0.332 e. The summed E-state index contributed by atoms with van der Waals surface area (Å²) < 4.78 is 1.25. The second kappa shape index (κ2) is 3.63. The summed E-state index contributed by atoms with van der Waals surface area (Å²) in [5, 5.41) is 19.0. The number of rotatable bonds is 1. The molecule has 6 heteroatoms. The average molecular weight is 243 g/mol. The molecule has 3 N–H and O–H groups in total. The predicted molar refractivity (Wildman–Crippen MR) is 65.0 cm³/mol. The lowest BCUT2D eigenvalue weighted by atomic mass is 10.2. The van der Waals surface area contributed by atoms with Gasteiger partial charge in [-0.05, 0) is 24.3 Å². The van der Waals surface area contributed by atoms with Crippen LogP contribution >= 0.6 is 0 Å². The average Bonchev–Trinajstić information content (AvgIpc) is 2.66. The van der Waals surface area contributed by atoms with Crippen molar-refractivity contribution in [1.82, 2.24) is 14.5 Å². The van der Waals surface area contributed by atoms with Gasteiger partial charge in [0.15, 0.2) is 5.65 Å². The van der Waals surface area contributed by atoms with Gasteiger partial charge in [0.1, 0.15) is 11.5 Å². The SMILES string of the molecule is O=c1[nH]c2cccnc2n1-c1ccc(O)cc1O. The first kappa shape index (κ1) is 10.4. The number of aromatic nitrogens is 3. The van der Waals surface area contributed by atoms with Gasteiger partial charge < -0.3 is 15.2 Å². The quantitative estimate of drug-likeness (QED) is 0.597. The van der Waals surface area contributed by atoms with E-state index in [1.807, 2.05) is 0 Å². The molecule has 0 aliphatic heterocycles. The molecule has 90 valence electrons. The van der Waals surface area contributed by atoms with E-state index in [0.717, 1.165) is 0 Å². The van der Waals surface area contributed by atoms with Crippen LogP contribution in [0.1, 0.15) is 0 Å². The van der Waals surface area contributed by atoms with Crippen molar-refractivity contribution in [2.75, 3.05) is 0 Å². The molecule has 0 atom stereocenters. The highest BCUT2D eigenvalue weighted by molar-refractivity contribution is 5.73. The van der Waals surface area contributed by atoms with Gasteiger partial charge in [-0.3, -0.25) is 0 Å². The van der Waals surface area contributed by atoms with E-state index in [9.17, 15) is 15.0 Å².